The Kier molecular flexibility index (Phi) is 6.70. The largest absolute Gasteiger partial charge is 0.449 e. The first-order valence-electron chi connectivity index (χ1n) is 11.5. The zero-order valence-electron chi connectivity index (χ0n) is 19.5. The molecule has 0 bridgehead atoms. The predicted molar refractivity (Wildman–Crippen MR) is 118 cm³/mol. The van der Waals surface area contributed by atoms with Gasteiger partial charge >= 0.3 is 5.97 Å². The van der Waals surface area contributed by atoms with Gasteiger partial charge in [-0.05, 0) is 30.2 Å². The van der Waals surface area contributed by atoms with Crippen LogP contribution < -0.4 is 0 Å². The summed E-state index contributed by atoms with van der Waals surface area (Å²) < 4.78 is 60.0. The second-order valence-corrected chi connectivity index (χ2v) is 9.13. The van der Waals surface area contributed by atoms with Crippen molar-refractivity contribution in [3.63, 3.8) is 0 Å². The van der Waals surface area contributed by atoms with E-state index in [1.807, 2.05) is 6.92 Å². The van der Waals surface area contributed by atoms with E-state index < -0.39 is 60.2 Å². The third-order valence-electron chi connectivity index (χ3n) is 6.45. The van der Waals surface area contributed by atoms with Crippen molar-refractivity contribution in [3.05, 3.63) is 65.9 Å². The fraction of sp³-hybridized carbons (Fsp3) is 0.417. The molecule has 37 heavy (non-hydrogen) atoms. The number of benzene rings is 1. The average Bonchev–Trinajstić information content (AvgIpc) is 3.52. The van der Waals surface area contributed by atoms with Gasteiger partial charge in [0.2, 0.25) is 5.79 Å². The number of ether oxygens (including phenoxy) is 3. The van der Waals surface area contributed by atoms with Crippen LogP contribution in [0.4, 0.5) is 13.2 Å². The molecule has 2 aliphatic heterocycles. The quantitative estimate of drug-likeness (QED) is 0.384. The van der Waals surface area contributed by atoms with E-state index in [-0.39, 0.29) is 35.9 Å². The first kappa shape index (κ1) is 25.3. The van der Waals surface area contributed by atoms with Crippen LogP contribution in [0.2, 0.25) is 0 Å². The Hall–Kier alpha value is -3.39. The van der Waals surface area contributed by atoms with Crippen LogP contribution >= 0.6 is 0 Å². The van der Waals surface area contributed by atoms with Gasteiger partial charge < -0.3 is 24.4 Å². The fourth-order valence-electron chi connectivity index (χ4n) is 4.74. The van der Waals surface area contributed by atoms with Crippen molar-refractivity contribution >= 4 is 5.97 Å². The Bertz CT molecular complexity index is 1270. The number of pyridine rings is 1. The number of nitrogens with zero attached hydrogens (tertiary/aromatic N) is 4. The lowest BCUT2D eigenvalue weighted by Crippen LogP contribution is -2.64. The second-order valence-electron chi connectivity index (χ2n) is 9.13. The molecule has 1 unspecified atom stereocenters. The first-order chi connectivity index (χ1) is 17.7. The summed E-state index contributed by atoms with van der Waals surface area (Å²) in [6, 6.07) is 4.99. The maximum Gasteiger partial charge on any atom is 0.357 e. The van der Waals surface area contributed by atoms with Gasteiger partial charge in [-0.25, -0.2) is 27.6 Å². The molecule has 13 heteroatoms. The Morgan fingerprint density at radius 3 is 2.65 bits per heavy atom. The number of aliphatic hydroxyl groups is 2. The summed E-state index contributed by atoms with van der Waals surface area (Å²) in [7, 11) is 0. The van der Waals surface area contributed by atoms with Crippen molar-refractivity contribution in [1.82, 2.24) is 20.0 Å². The van der Waals surface area contributed by atoms with Crippen molar-refractivity contribution in [1.29, 1.82) is 0 Å². The van der Waals surface area contributed by atoms with Crippen LogP contribution in [0.25, 0.3) is 11.3 Å². The SMILES string of the molecule is CC1CO[C@@]2(C1)O[C@H](CO)[C@H](O)[C@H](n1cc(-c3cc(F)c(F)c(F)c3)nn1)[C@H]2OC(=O)c1ccccn1. The van der Waals surface area contributed by atoms with E-state index in [1.54, 1.807) is 12.1 Å². The van der Waals surface area contributed by atoms with Crippen LogP contribution in [0, 0.1) is 23.4 Å². The van der Waals surface area contributed by atoms with Crippen LogP contribution in [0.15, 0.2) is 42.7 Å². The highest BCUT2D eigenvalue weighted by Gasteiger charge is 2.61. The highest BCUT2D eigenvalue weighted by molar-refractivity contribution is 5.87. The molecule has 10 nitrogen and oxygen atoms in total. The molecule has 0 saturated carbocycles. The topological polar surface area (TPSA) is 129 Å². The molecule has 0 amide bonds. The molecule has 1 spiro atoms. The maximum atomic E-state index is 13.8. The normalized spacial score (nSPS) is 29.5. The number of halogens is 3. The fourth-order valence-corrected chi connectivity index (χ4v) is 4.74. The zero-order valence-corrected chi connectivity index (χ0v) is 19.5. The predicted octanol–water partition coefficient (Wildman–Crippen LogP) is 2.03. The summed E-state index contributed by atoms with van der Waals surface area (Å²) in [4.78, 5) is 17.0. The minimum Gasteiger partial charge on any atom is -0.449 e. The number of aromatic nitrogens is 4. The van der Waals surface area contributed by atoms with Crippen LogP contribution in [0.5, 0.6) is 0 Å². The number of rotatable bonds is 5. The van der Waals surface area contributed by atoms with E-state index in [0.717, 1.165) is 16.8 Å². The van der Waals surface area contributed by atoms with E-state index in [9.17, 15) is 28.2 Å². The van der Waals surface area contributed by atoms with E-state index >= 15 is 0 Å². The van der Waals surface area contributed by atoms with Gasteiger partial charge in [-0.2, -0.15) is 0 Å². The van der Waals surface area contributed by atoms with Crippen LogP contribution in [0.3, 0.4) is 0 Å². The summed E-state index contributed by atoms with van der Waals surface area (Å²) in [5.41, 5.74) is -0.148. The van der Waals surface area contributed by atoms with E-state index in [1.165, 1.54) is 18.5 Å². The number of aliphatic hydroxyl groups excluding tert-OH is 2. The maximum absolute atomic E-state index is 13.8. The summed E-state index contributed by atoms with van der Waals surface area (Å²) in [5.74, 6) is -6.82. The number of hydrogen-bond donors (Lipinski definition) is 2. The minimum atomic E-state index is -1.63. The van der Waals surface area contributed by atoms with Gasteiger partial charge in [0.15, 0.2) is 23.6 Å². The van der Waals surface area contributed by atoms with E-state index in [0.29, 0.717) is 0 Å². The molecule has 2 aromatic heterocycles. The third-order valence-corrected chi connectivity index (χ3v) is 6.45. The molecule has 0 radical (unpaired) electrons. The molecule has 2 saturated heterocycles. The lowest BCUT2D eigenvalue weighted by Gasteiger charge is -2.48. The molecule has 6 atom stereocenters. The number of esters is 1. The molecule has 2 N–H and O–H groups in total. The molecule has 5 rings (SSSR count). The monoisotopic (exact) mass is 520 g/mol. The van der Waals surface area contributed by atoms with Gasteiger partial charge in [-0.1, -0.05) is 18.2 Å². The molecule has 1 aromatic carbocycles. The van der Waals surface area contributed by atoms with Crippen molar-refractivity contribution < 1.29 is 42.4 Å². The Labute approximate surface area is 208 Å². The van der Waals surface area contributed by atoms with Crippen molar-refractivity contribution in [3.8, 4) is 11.3 Å². The lowest BCUT2D eigenvalue weighted by atomic mass is 9.87. The Morgan fingerprint density at radius 2 is 2.03 bits per heavy atom. The summed E-state index contributed by atoms with van der Waals surface area (Å²) in [6.07, 6.45) is -0.963. The van der Waals surface area contributed by atoms with Crippen molar-refractivity contribution in [2.75, 3.05) is 13.2 Å². The molecule has 0 aliphatic carbocycles. The van der Waals surface area contributed by atoms with Crippen molar-refractivity contribution in [2.24, 2.45) is 5.92 Å². The average molecular weight is 520 g/mol. The smallest absolute Gasteiger partial charge is 0.357 e. The molecule has 2 aliphatic rings. The molecule has 4 heterocycles. The van der Waals surface area contributed by atoms with Crippen LogP contribution in [-0.2, 0) is 14.2 Å². The first-order valence-corrected chi connectivity index (χ1v) is 11.5. The van der Waals surface area contributed by atoms with Gasteiger partial charge in [-0.15, -0.1) is 5.10 Å². The van der Waals surface area contributed by atoms with Gasteiger partial charge in [0.05, 0.1) is 19.4 Å². The van der Waals surface area contributed by atoms with Gasteiger partial charge in [-0.3, -0.25) is 0 Å². The molecule has 196 valence electrons. The minimum absolute atomic E-state index is 0.00208. The Balaban J connectivity index is 1.56. The lowest BCUT2D eigenvalue weighted by molar-refractivity contribution is -0.337. The number of carbonyl (C=O) groups excluding carboxylic acids is 1. The highest BCUT2D eigenvalue weighted by atomic mass is 19.2. The van der Waals surface area contributed by atoms with Gasteiger partial charge in [0.25, 0.3) is 0 Å². The standard InChI is InChI=1S/C24H23F3N4O6/c1-12-8-24(35-11-12)22(36-23(34)16-4-2-3-5-28-16)20(21(33)18(10-32)37-24)31-9-17(29-30-31)13-6-14(25)19(27)15(26)7-13/h2-7,9,12,18,20-22,32-33H,8,10-11H2,1H3/t12?,18-,20+,21+,22-,24+/m1/s1. The molecular formula is C24H23F3N4O6. The summed E-state index contributed by atoms with van der Waals surface area (Å²) in [5, 5.41) is 29.0. The highest BCUT2D eigenvalue weighted by Crippen LogP contribution is 2.46. The summed E-state index contributed by atoms with van der Waals surface area (Å²) >= 11 is 0. The summed E-state index contributed by atoms with van der Waals surface area (Å²) in [6.45, 7) is 1.57. The van der Waals surface area contributed by atoms with E-state index in [4.69, 9.17) is 14.2 Å². The van der Waals surface area contributed by atoms with Crippen LogP contribution in [-0.4, -0.2) is 73.5 Å². The van der Waals surface area contributed by atoms with Gasteiger partial charge in [0.1, 0.15) is 29.6 Å². The van der Waals surface area contributed by atoms with Crippen molar-refractivity contribution in [2.45, 2.75) is 43.5 Å². The molecule has 3 aromatic rings. The molecule has 2 fully saturated rings. The zero-order chi connectivity index (χ0) is 26.3. The second kappa shape index (κ2) is 9.82. The van der Waals surface area contributed by atoms with Crippen LogP contribution in [0.1, 0.15) is 29.9 Å². The molecular weight excluding hydrogens is 497 g/mol. The third kappa shape index (κ3) is 4.59. The number of hydrogen-bond acceptors (Lipinski definition) is 9. The van der Waals surface area contributed by atoms with E-state index in [2.05, 4.69) is 15.3 Å². The van der Waals surface area contributed by atoms with Gasteiger partial charge in [0, 0.05) is 18.2 Å². The number of carbonyl (C=O) groups is 1. The Morgan fingerprint density at radius 1 is 1.27 bits per heavy atom.